The van der Waals surface area contributed by atoms with Crippen LogP contribution in [0.2, 0.25) is 5.02 Å². The van der Waals surface area contributed by atoms with E-state index in [0.717, 1.165) is 27.3 Å². The van der Waals surface area contributed by atoms with Crippen LogP contribution in [0.25, 0.3) is 0 Å². The number of carbonyl (C=O) groups is 2. The van der Waals surface area contributed by atoms with E-state index < -0.39 is 17.1 Å². The number of thiazole rings is 1. The molecule has 1 aromatic heterocycles. The second-order valence-corrected chi connectivity index (χ2v) is 11.7. The van der Waals surface area contributed by atoms with Gasteiger partial charge in [-0.3, -0.25) is 14.4 Å². The monoisotopic (exact) mass is 548 g/mol. The van der Waals surface area contributed by atoms with E-state index in [-0.39, 0.29) is 16.7 Å². The summed E-state index contributed by atoms with van der Waals surface area (Å²) in [5, 5.41) is 0.483. The van der Waals surface area contributed by atoms with E-state index >= 15 is 0 Å². The van der Waals surface area contributed by atoms with Gasteiger partial charge >= 0.3 is 4.87 Å². The number of para-hydroxylation sites is 1. The quantitative estimate of drug-likeness (QED) is 0.320. The minimum atomic E-state index is -0.684. The molecule has 9 heteroatoms. The molecule has 6 rings (SSSR count). The number of carbonyl (C=O) groups excluding carboxylic acids is 2. The molecule has 0 bridgehead atoms. The third kappa shape index (κ3) is 4.29. The Balaban J connectivity index is 1.41. The average molecular weight is 549 g/mol. The van der Waals surface area contributed by atoms with Gasteiger partial charge in [-0.15, -0.1) is 0 Å². The maximum absolute atomic E-state index is 13.9. The van der Waals surface area contributed by atoms with Crippen LogP contribution in [0, 0.1) is 12.8 Å². The number of halogens is 1. The lowest BCUT2D eigenvalue weighted by molar-refractivity contribution is -0.122. The van der Waals surface area contributed by atoms with Crippen molar-refractivity contribution < 1.29 is 14.3 Å². The number of aryl methyl sites for hydroxylation is 1. The number of aromatic nitrogens is 1. The van der Waals surface area contributed by atoms with Gasteiger partial charge in [-0.25, -0.2) is 4.90 Å². The first-order valence-electron chi connectivity index (χ1n) is 11.7. The topological polar surface area (TPSA) is 79.5 Å². The highest BCUT2D eigenvalue weighted by Gasteiger charge is 2.56. The van der Waals surface area contributed by atoms with E-state index in [1.807, 2.05) is 55.5 Å². The number of nitrogens with one attached hydrogen (secondary N) is 1. The standard InChI is InChI=1S/C28H21ClN2O4S2/c1-15-6-8-16(9-7-15)14-35-20-5-3-2-4-19(20)21-22-24(36-25-23(21)37-28(34)30-25)27(33)31(26(22)32)18-12-10-17(29)11-13-18/h2-13,21-22,24H,14H2,1H3,(H,30,34). The normalized spacial score (nSPS) is 20.6. The summed E-state index contributed by atoms with van der Waals surface area (Å²) >= 11 is 8.37. The van der Waals surface area contributed by atoms with Gasteiger partial charge in [-0.2, -0.15) is 0 Å². The van der Waals surface area contributed by atoms with Crippen LogP contribution in [0.15, 0.2) is 82.6 Å². The van der Waals surface area contributed by atoms with Gasteiger partial charge in [0.2, 0.25) is 11.8 Å². The van der Waals surface area contributed by atoms with Crippen LogP contribution in [0.5, 0.6) is 5.75 Å². The van der Waals surface area contributed by atoms with E-state index in [2.05, 4.69) is 4.98 Å². The zero-order chi connectivity index (χ0) is 25.7. The lowest BCUT2D eigenvalue weighted by Gasteiger charge is -2.30. The smallest absolute Gasteiger partial charge is 0.305 e. The van der Waals surface area contributed by atoms with E-state index in [9.17, 15) is 14.4 Å². The fourth-order valence-corrected chi connectivity index (χ4v) is 7.54. The zero-order valence-electron chi connectivity index (χ0n) is 19.6. The van der Waals surface area contributed by atoms with Crippen molar-refractivity contribution in [3.05, 3.63) is 109 Å². The molecule has 4 aromatic rings. The summed E-state index contributed by atoms with van der Waals surface area (Å²) in [6, 6.07) is 22.3. The van der Waals surface area contributed by atoms with Crippen LogP contribution < -0.4 is 14.5 Å². The molecule has 3 unspecified atom stereocenters. The molecule has 2 amide bonds. The number of aromatic amines is 1. The van der Waals surface area contributed by atoms with Gasteiger partial charge in [0.25, 0.3) is 0 Å². The molecule has 37 heavy (non-hydrogen) atoms. The highest BCUT2D eigenvalue weighted by Crippen LogP contribution is 2.54. The number of anilines is 1. The lowest BCUT2D eigenvalue weighted by Crippen LogP contribution is -2.32. The molecule has 0 aliphatic carbocycles. The molecule has 0 radical (unpaired) electrons. The summed E-state index contributed by atoms with van der Waals surface area (Å²) < 4.78 is 6.26. The van der Waals surface area contributed by atoms with Crippen LogP contribution >= 0.6 is 34.7 Å². The summed E-state index contributed by atoms with van der Waals surface area (Å²) in [6.45, 7) is 2.39. The number of H-pyrrole nitrogens is 1. The number of hydrogen-bond acceptors (Lipinski definition) is 6. The highest BCUT2D eigenvalue weighted by atomic mass is 35.5. The lowest BCUT2D eigenvalue weighted by atomic mass is 9.82. The number of ether oxygens (including phenoxy) is 1. The molecule has 6 nitrogen and oxygen atoms in total. The number of thioether (sulfide) groups is 1. The molecular weight excluding hydrogens is 528 g/mol. The van der Waals surface area contributed by atoms with Gasteiger partial charge in [-0.05, 0) is 42.8 Å². The van der Waals surface area contributed by atoms with Crippen molar-refractivity contribution >= 4 is 52.2 Å². The largest absolute Gasteiger partial charge is 0.489 e. The van der Waals surface area contributed by atoms with Crippen molar-refractivity contribution in [2.75, 3.05) is 4.90 Å². The Hall–Kier alpha value is -3.33. The number of imide groups is 1. The first kappa shape index (κ1) is 24.0. The van der Waals surface area contributed by atoms with Gasteiger partial charge < -0.3 is 9.72 Å². The first-order valence-corrected chi connectivity index (χ1v) is 13.8. The molecule has 0 spiro atoms. The summed E-state index contributed by atoms with van der Waals surface area (Å²) in [5.41, 5.74) is 3.44. The predicted octanol–water partition coefficient (Wildman–Crippen LogP) is 5.77. The number of fused-ring (bicyclic) bond motifs is 2. The SMILES string of the molecule is Cc1ccc(COc2ccccc2C2c3sc(=O)[nH]c3SC3C(=O)N(c4ccc(Cl)cc4)C(=O)C32)cc1. The second kappa shape index (κ2) is 9.52. The molecule has 186 valence electrons. The van der Waals surface area contributed by atoms with Gasteiger partial charge in [0, 0.05) is 21.4 Å². The molecular formula is C28H21ClN2O4S2. The number of amides is 2. The predicted molar refractivity (Wildman–Crippen MR) is 146 cm³/mol. The van der Waals surface area contributed by atoms with Gasteiger partial charge in [0.05, 0.1) is 16.6 Å². The first-order chi connectivity index (χ1) is 17.9. The second-order valence-electron chi connectivity index (χ2n) is 9.05. The van der Waals surface area contributed by atoms with Crippen LogP contribution in [0.1, 0.15) is 27.5 Å². The molecule has 3 atom stereocenters. The Kier molecular flexibility index (Phi) is 6.18. The van der Waals surface area contributed by atoms with Gasteiger partial charge in [0.1, 0.15) is 17.6 Å². The summed E-state index contributed by atoms with van der Waals surface area (Å²) in [4.78, 5) is 44.5. The van der Waals surface area contributed by atoms with E-state index in [1.165, 1.54) is 22.2 Å². The molecule has 1 saturated heterocycles. The van der Waals surface area contributed by atoms with E-state index in [0.29, 0.717) is 28.1 Å². The minimum absolute atomic E-state index is 0.213. The van der Waals surface area contributed by atoms with Crippen molar-refractivity contribution in [1.29, 1.82) is 0 Å². The van der Waals surface area contributed by atoms with E-state index in [4.69, 9.17) is 16.3 Å². The van der Waals surface area contributed by atoms with Crippen molar-refractivity contribution in [3.63, 3.8) is 0 Å². The van der Waals surface area contributed by atoms with Crippen molar-refractivity contribution in [2.45, 2.75) is 29.7 Å². The van der Waals surface area contributed by atoms with Crippen LogP contribution in [0.3, 0.4) is 0 Å². The van der Waals surface area contributed by atoms with Gasteiger partial charge in [0.15, 0.2) is 0 Å². The van der Waals surface area contributed by atoms with Crippen molar-refractivity contribution in [2.24, 2.45) is 5.92 Å². The number of hydrogen-bond donors (Lipinski definition) is 1. The zero-order valence-corrected chi connectivity index (χ0v) is 22.0. The van der Waals surface area contributed by atoms with Crippen LogP contribution in [-0.2, 0) is 16.2 Å². The maximum atomic E-state index is 13.9. The van der Waals surface area contributed by atoms with Crippen LogP contribution in [0.4, 0.5) is 5.69 Å². The Morgan fingerprint density at radius 2 is 1.68 bits per heavy atom. The summed E-state index contributed by atoms with van der Waals surface area (Å²) in [6.07, 6.45) is 0. The minimum Gasteiger partial charge on any atom is -0.489 e. The number of benzene rings is 3. The number of rotatable bonds is 5. The molecule has 3 heterocycles. The fraction of sp³-hybridized carbons (Fsp3) is 0.179. The fourth-order valence-electron chi connectivity index (χ4n) is 4.91. The van der Waals surface area contributed by atoms with Crippen molar-refractivity contribution in [3.8, 4) is 5.75 Å². The molecule has 2 aliphatic rings. The molecule has 0 saturated carbocycles. The van der Waals surface area contributed by atoms with Gasteiger partial charge in [-0.1, -0.05) is 82.7 Å². The molecule has 2 aliphatic heterocycles. The highest BCUT2D eigenvalue weighted by molar-refractivity contribution is 8.00. The molecule has 3 aromatic carbocycles. The van der Waals surface area contributed by atoms with Crippen LogP contribution in [-0.4, -0.2) is 22.0 Å². The Bertz CT molecular complexity index is 1560. The third-order valence-electron chi connectivity index (χ3n) is 6.68. The van der Waals surface area contributed by atoms with Crippen molar-refractivity contribution in [1.82, 2.24) is 4.98 Å². The third-order valence-corrected chi connectivity index (χ3v) is 9.33. The van der Waals surface area contributed by atoms with E-state index in [1.54, 1.807) is 24.3 Å². The molecule has 1 fully saturated rings. The summed E-state index contributed by atoms with van der Waals surface area (Å²) in [7, 11) is 0. The Labute approximate surface area is 226 Å². The Morgan fingerprint density at radius 1 is 0.946 bits per heavy atom. The number of nitrogens with zero attached hydrogens (tertiary/aromatic N) is 1. The Morgan fingerprint density at radius 3 is 2.43 bits per heavy atom. The maximum Gasteiger partial charge on any atom is 0.305 e. The summed E-state index contributed by atoms with van der Waals surface area (Å²) in [5.74, 6) is -1.17. The molecule has 1 N–H and O–H groups in total. The average Bonchev–Trinajstić information content (AvgIpc) is 3.39.